The minimum absolute atomic E-state index is 0.161. The maximum absolute atomic E-state index is 13.0. The van der Waals surface area contributed by atoms with Gasteiger partial charge in [0, 0.05) is 28.6 Å². The lowest BCUT2D eigenvalue weighted by molar-refractivity contribution is -0.112. The zero-order chi connectivity index (χ0) is 22.1. The van der Waals surface area contributed by atoms with Crippen molar-refractivity contribution in [1.82, 2.24) is 4.90 Å². The van der Waals surface area contributed by atoms with Gasteiger partial charge in [-0.05, 0) is 54.4 Å². The SMILES string of the molecule is CC1(C)CC2CC(C)(CN2/C=C(/C#N)C(=O)Nc2ccccc2Sc2ccccc2)C1. The molecule has 1 saturated carbocycles. The highest BCUT2D eigenvalue weighted by molar-refractivity contribution is 7.99. The lowest BCUT2D eigenvalue weighted by Gasteiger charge is -2.39. The predicted octanol–water partition coefficient (Wildman–Crippen LogP) is 6.08. The molecule has 0 radical (unpaired) electrons. The molecule has 5 heteroatoms. The third-order valence-corrected chi connectivity index (χ3v) is 7.31. The average Bonchev–Trinajstić information content (AvgIpc) is 2.96. The maximum Gasteiger partial charge on any atom is 0.267 e. The highest BCUT2D eigenvalue weighted by atomic mass is 32.2. The van der Waals surface area contributed by atoms with Gasteiger partial charge < -0.3 is 10.2 Å². The molecule has 2 fully saturated rings. The van der Waals surface area contributed by atoms with E-state index in [9.17, 15) is 10.1 Å². The topological polar surface area (TPSA) is 56.1 Å². The number of fused-ring (bicyclic) bond motifs is 2. The third-order valence-electron chi connectivity index (χ3n) is 6.22. The number of anilines is 1. The molecule has 4 rings (SSSR count). The molecule has 2 unspecified atom stereocenters. The Kier molecular flexibility index (Phi) is 5.85. The molecule has 31 heavy (non-hydrogen) atoms. The highest BCUT2D eigenvalue weighted by Gasteiger charge is 2.48. The van der Waals surface area contributed by atoms with Gasteiger partial charge in [0.1, 0.15) is 11.6 Å². The second kappa shape index (κ2) is 8.43. The molecule has 0 spiro atoms. The van der Waals surface area contributed by atoms with E-state index >= 15 is 0 Å². The van der Waals surface area contributed by atoms with Crippen LogP contribution in [0, 0.1) is 22.2 Å². The van der Waals surface area contributed by atoms with E-state index in [2.05, 4.69) is 37.1 Å². The quantitative estimate of drug-likeness (QED) is 0.460. The summed E-state index contributed by atoms with van der Waals surface area (Å²) in [6.07, 6.45) is 5.19. The number of carbonyl (C=O) groups excluding carboxylic acids is 1. The monoisotopic (exact) mass is 431 g/mol. The van der Waals surface area contributed by atoms with Crippen molar-refractivity contribution >= 4 is 23.4 Å². The standard InChI is InChI=1S/C26H29N3OS/c1-25(2)13-20-14-26(3,17-25)18-29(20)16-19(15-27)24(30)28-22-11-7-8-12-23(22)31-21-9-5-4-6-10-21/h4-12,16,20H,13-14,17-18H2,1-3H3,(H,28,30)/b19-16-. The minimum Gasteiger partial charge on any atom is -0.373 e. The predicted molar refractivity (Wildman–Crippen MR) is 126 cm³/mol. The summed E-state index contributed by atoms with van der Waals surface area (Å²) < 4.78 is 0. The summed E-state index contributed by atoms with van der Waals surface area (Å²) in [6.45, 7) is 7.88. The summed E-state index contributed by atoms with van der Waals surface area (Å²) in [5, 5.41) is 12.7. The van der Waals surface area contributed by atoms with Crippen molar-refractivity contribution in [3.63, 3.8) is 0 Å². The first-order valence-corrected chi connectivity index (χ1v) is 11.6. The van der Waals surface area contributed by atoms with E-state index in [0.717, 1.165) is 34.9 Å². The van der Waals surface area contributed by atoms with Crippen molar-refractivity contribution in [2.75, 3.05) is 11.9 Å². The fourth-order valence-electron chi connectivity index (χ4n) is 5.42. The molecule has 1 aliphatic carbocycles. The normalized spacial score (nSPS) is 24.5. The van der Waals surface area contributed by atoms with Crippen LogP contribution in [0.15, 0.2) is 76.2 Å². The average molecular weight is 432 g/mol. The van der Waals surface area contributed by atoms with E-state index in [4.69, 9.17) is 0 Å². The van der Waals surface area contributed by atoms with Gasteiger partial charge in [0.15, 0.2) is 0 Å². The van der Waals surface area contributed by atoms with Gasteiger partial charge in [-0.2, -0.15) is 5.26 Å². The van der Waals surface area contributed by atoms with Gasteiger partial charge in [0.05, 0.1) is 5.69 Å². The Hall–Kier alpha value is -2.71. The van der Waals surface area contributed by atoms with Crippen LogP contribution in [0.2, 0.25) is 0 Å². The molecule has 1 N–H and O–H groups in total. The lowest BCUT2D eigenvalue weighted by atomic mass is 9.65. The summed E-state index contributed by atoms with van der Waals surface area (Å²) in [7, 11) is 0. The van der Waals surface area contributed by atoms with Crippen LogP contribution in [0.5, 0.6) is 0 Å². The summed E-state index contributed by atoms with van der Waals surface area (Å²) in [4.78, 5) is 17.3. The largest absolute Gasteiger partial charge is 0.373 e. The highest BCUT2D eigenvalue weighted by Crippen LogP contribution is 2.52. The zero-order valence-electron chi connectivity index (χ0n) is 18.4. The van der Waals surface area contributed by atoms with Crippen molar-refractivity contribution in [2.45, 2.75) is 55.9 Å². The van der Waals surface area contributed by atoms with Crippen molar-refractivity contribution < 1.29 is 4.79 Å². The van der Waals surface area contributed by atoms with Crippen molar-refractivity contribution in [2.24, 2.45) is 10.8 Å². The Balaban J connectivity index is 1.51. The maximum atomic E-state index is 13.0. The second-order valence-corrected chi connectivity index (χ2v) is 11.0. The summed E-state index contributed by atoms with van der Waals surface area (Å²) in [6, 6.07) is 20.3. The Morgan fingerprint density at radius 2 is 1.84 bits per heavy atom. The van der Waals surface area contributed by atoms with Crippen LogP contribution in [0.1, 0.15) is 40.0 Å². The van der Waals surface area contributed by atoms with Crippen LogP contribution in [0.3, 0.4) is 0 Å². The molecule has 2 aliphatic rings. The molecule has 1 heterocycles. The molecule has 2 aromatic rings. The van der Waals surface area contributed by atoms with Crippen LogP contribution in [-0.2, 0) is 4.79 Å². The summed E-state index contributed by atoms with van der Waals surface area (Å²) in [5.74, 6) is -0.352. The van der Waals surface area contributed by atoms with Gasteiger partial charge in [0.2, 0.25) is 0 Å². The number of para-hydroxylation sites is 1. The molecular weight excluding hydrogens is 402 g/mol. The molecule has 2 bridgehead atoms. The van der Waals surface area contributed by atoms with E-state index in [-0.39, 0.29) is 16.9 Å². The number of nitriles is 1. The molecule has 2 atom stereocenters. The molecule has 4 nitrogen and oxygen atoms in total. The van der Waals surface area contributed by atoms with Crippen LogP contribution < -0.4 is 5.32 Å². The van der Waals surface area contributed by atoms with Gasteiger partial charge in [-0.3, -0.25) is 4.79 Å². The molecule has 1 amide bonds. The lowest BCUT2D eigenvalue weighted by Crippen LogP contribution is -2.33. The number of carbonyl (C=O) groups is 1. The number of amides is 1. The first kappa shape index (κ1) is 21.5. The Morgan fingerprint density at radius 3 is 2.58 bits per heavy atom. The molecule has 160 valence electrons. The van der Waals surface area contributed by atoms with Gasteiger partial charge in [-0.25, -0.2) is 0 Å². The minimum atomic E-state index is -0.352. The number of benzene rings is 2. The van der Waals surface area contributed by atoms with Crippen molar-refractivity contribution in [1.29, 1.82) is 5.26 Å². The van der Waals surface area contributed by atoms with Crippen LogP contribution in [0.25, 0.3) is 0 Å². The van der Waals surface area contributed by atoms with Crippen LogP contribution in [0.4, 0.5) is 5.69 Å². The number of likely N-dealkylation sites (tertiary alicyclic amines) is 1. The first-order valence-electron chi connectivity index (χ1n) is 10.8. The summed E-state index contributed by atoms with van der Waals surface area (Å²) in [5.41, 5.74) is 1.42. The van der Waals surface area contributed by atoms with Gasteiger partial charge >= 0.3 is 0 Å². The van der Waals surface area contributed by atoms with Crippen molar-refractivity contribution in [3.8, 4) is 6.07 Å². The molecule has 2 aromatic carbocycles. The van der Waals surface area contributed by atoms with Gasteiger partial charge in [-0.15, -0.1) is 0 Å². The molecule has 1 saturated heterocycles. The van der Waals surface area contributed by atoms with E-state index in [1.54, 1.807) is 18.0 Å². The van der Waals surface area contributed by atoms with Crippen molar-refractivity contribution in [3.05, 3.63) is 66.4 Å². The van der Waals surface area contributed by atoms with Crippen LogP contribution in [-0.4, -0.2) is 23.4 Å². The van der Waals surface area contributed by atoms with Crippen LogP contribution >= 0.6 is 11.8 Å². The van der Waals surface area contributed by atoms with Gasteiger partial charge in [0.25, 0.3) is 5.91 Å². The number of nitrogens with one attached hydrogen (secondary N) is 1. The fraction of sp³-hybridized carbons (Fsp3) is 0.385. The van der Waals surface area contributed by atoms with Gasteiger partial charge in [-0.1, -0.05) is 62.9 Å². The third kappa shape index (κ3) is 4.97. The number of hydrogen-bond donors (Lipinski definition) is 1. The molecule has 1 aliphatic heterocycles. The summed E-state index contributed by atoms with van der Waals surface area (Å²) >= 11 is 1.59. The fourth-order valence-corrected chi connectivity index (χ4v) is 6.35. The van der Waals surface area contributed by atoms with E-state index in [1.165, 1.54) is 6.42 Å². The Morgan fingerprint density at radius 1 is 1.13 bits per heavy atom. The van der Waals surface area contributed by atoms with E-state index in [1.807, 2.05) is 54.6 Å². The Bertz CT molecular complexity index is 1040. The first-order chi connectivity index (χ1) is 14.8. The Labute approximate surface area is 189 Å². The van der Waals surface area contributed by atoms with E-state index in [0.29, 0.717) is 11.5 Å². The molecule has 0 aromatic heterocycles. The zero-order valence-corrected chi connectivity index (χ0v) is 19.2. The number of nitrogens with zero attached hydrogens (tertiary/aromatic N) is 2. The van der Waals surface area contributed by atoms with E-state index < -0.39 is 0 Å². The molecular formula is C26H29N3OS. The smallest absolute Gasteiger partial charge is 0.267 e. The second-order valence-electron chi connectivity index (χ2n) is 9.91. The number of hydrogen-bond acceptors (Lipinski definition) is 4. The number of rotatable bonds is 5.